The lowest BCUT2D eigenvalue weighted by Gasteiger charge is -2.26. The number of alkyl carbamates (subject to hydrolysis) is 1. The van der Waals surface area contributed by atoms with E-state index in [1.165, 1.54) is 13.8 Å². The van der Waals surface area contributed by atoms with Crippen LogP contribution in [-0.2, 0) is 44.2 Å². The monoisotopic (exact) mass is 766 g/mol. The zero-order valence-corrected chi connectivity index (χ0v) is 31.2. The maximum absolute atomic E-state index is 13.1. The lowest BCUT2D eigenvalue weighted by molar-refractivity contribution is -0.147. The number of hydrogen-bond acceptors (Lipinski definition) is 14. The van der Waals surface area contributed by atoms with Crippen LogP contribution in [0, 0.1) is 0 Å². The molecule has 52 heavy (non-hydrogen) atoms. The van der Waals surface area contributed by atoms with Gasteiger partial charge >= 0.3 is 12.1 Å². The molecule has 4 amide bonds. The second kappa shape index (κ2) is 21.1. The number of aliphatic hydroxyl groups is 2. The van der Waals surface area contributed by atoms with Crippen LogP contribution in [-0.4, -0.2) is 109 Å². The van der Waals surface area contributed by atoms with Crippen LogP contribution in [0.25, 0.3) is 0 Å². The van der Waals surface area contributed by atoms with Crippen LogP contribution in [0.5, 0.6) is 0 Å². The fourth-order valence-corrected chi connectivity index (χ4v) is 6.09. The molecular formula is C33H46N6O11S2. The molecule has 19 heteroatoms. The highest BCUT2D eigenvalue weighted by molar-refractivity contribution is 7.99. The molecule has 0 aromatic heterocycles. The Kier molecular flexibility index (Phi) is 17.6. The van der Waals surface area contributed by atoms with Crippen molar-refractivity contribution >= 4 is 62.8 Å². The Hall–Kier alpha value is -4.59. The predicted octanol–water partition coefficient (Wildman–Crippen LogP) is 1.62. The van der Waals surface area contributed by atoms with Gasteiger partial charge in [-0.3, -0.25) is 14.4 Å². The lowest BCUT2D eigenvalue weighted by Crippen LogP contribution is -2.59. The van der Waals surface area contributed by atoms with Crippen molar-refractivity contribution in [3.63, 3.8) is 0 Å². The molecule has 0 aliphatic carbocycles. The molecule has 6 N–H and O–H groups in total. The molecule has 0 bridgehead atoms. The summed E-state index contributed by atoms with van der Waals surface area (Å²) < 4.78 is 35.9. The number of nitrogens with zero attached hydrogens (tertiary/aromatic N) is 2. The minimum Gasteiger partial charge on any atom is -0.463 e. The van der Waals surface area contributed by atoms with Gasteiger partial charge in [0.05, 0.1) is 41.5 Å². The quantitative estimate of drug-likeness (QED) is 0.0517. The Morgan fingerprint density at radius 3 is 2.04 bits per heavy atom. The minimum absolute atomic E-state index is 0.0579. The van der Waals surface area contributed by atoms with E-state index >= 15 is 0 Å². The van der Waals surface area contributed by atoms with Gasteiger partial charge in [-0.15, -0.1) is 11.8 Å². The summed E-state index contributed by atoms with van der Waals surface area (Å²) in [4.78, 5) is 62.5. The van der Waals surface area contributed by atoms with Crippen LogP contribution in [0.4, 0.5) is 16.2 Å². The van der Waals surface area contributed by atoms with Gasteiger partial charge in [-0.05, 0) is 57.5 Å². The Morgan fingerprint density at radius 2 is 1.48 bits per heavy atom. The summed E-state index contributed by atoms with van der Waals surface area (Å²) in [6.07, 6.45) is -2.45. The molecule has 0 saturated carbocycles. The highest BCUT2D eigenvalue weighted by atomic mass is 32.2. The fraction of sp³-hybridized carbons (Fsp3) is 0.485. The fourth-order valence-electron chi connectivity index (χ4n) is 4.03. The van der Waals surface area contributed by atoms with Gasteiger partial charge in [0.2, 0.25) is 17.7 Å². The maximum atomic E-state index is 13.1. The van der Waals surface area contributed by atoms with Gasteiger partial charge in [0.15, 0.2) is 9.84 Å². The summed E-state index contributed by atoms with van der Waals surface area (Å²) in [6, 6.07) is 10.9. The van der Waals surface area contributed by atoms with Crippen LogP contribution >= 0.6 is 11.8 Å². The molecule has 2 rings (SSSR count). The number of esters is 1. The normalized spacial score (nSPS) is 14.0. The highest BCUT2D eigenvalue weighted by Crippen LogP contribution is 2.19. The topological polar surface area (TPSA) is 251 Å². The smallest absolute Gasteiger partial charge is 0.408 e. The Morgan fingerprint density at radius 1 is 0.885 bits per heavy atom. The Bertz CT molecular complexity index is 1630. The van der Waals surface area contributed by atoms with E-state index in [1.807, 2.05) is 18.2 Å². The van der Waals surface area contributed by atoms with Crippen LogP contribution in [0.15, 0.2) is 64.8 Å². The van der Waals surface area contributed by atoms with E-state index in [4.69, 9.17) is 9.47 Å². The van der Waals surface area contributed by atoms with E-state index in [0.717, 1.165) is 11.8 Å². The number of amides is 4. The zero-order chi connectivity index (χ0) is 38.9. The summed E-state index contributed by atoms with van der Waals surface area (Å²) in [7, 11) is -3.75. The largest absolute Gasteiger partial charge is 0.463 e. The number of benzene rings is 2. The molecule has 0 saturated heterocycles. The molecule has 0 heterocycles. The summed E-state index contributed by atoms with van der Waals surface area (Å²) in [6.45, 7) is 5.79. The van der Waals surface area contributed by atoms with Crippen molar-refractivity contribution in [2.24, 2.45) is 10.2 Å². The first-order chi connectivity index (χ1) is 24.4. The van der Waals surface area contributed by atoms with Gasteiger partial charge in [0.25, 0.3) is 0 Å². The third-order valence-electron chi connectivity index (χ3n) is 6.56. The van der Waals surface area contributed by atoms with E-state index in [-0.39, 0.29) is 23.3 Å². The van der Waals surface area contributed by atoms with E-state index in [1.54, 1.807) is 57.2 Å². The van der Waals surface area contributed by atoms with E-state index < -0.39 is 82.5 Å². The summed E-state index contributed by atoms with van der Waals surface area (Å²) in [5.41, 5.74) is 0.742. The molecule has 0 fully saturated rings. The van der Waals surface area contributed by atoms with Gasteiger partial charge in [0.1, 0.15) is 30.3 Å². The highest BCUT2D eigenvalue weighted by Gasteiger charge is 2.33. The number of azo groups is 1. The number of hydrogen-bond donors (Lipinski definition) is 6. The molecule has 0 aliphatic rings. The first-order valence-electron chi connectivity index (χ1n) is 16.0. The average Bonchev–Trinajstić information content (AvgIpc) is 3.06. The first-order valence-corrected chi connectivity index (χ1v) is 19.0. The van der Waals surface area contributed by atoms with Crippen LogP contribution in [0.1, 0.15) is 40.2 Å². The Labute approximate surface area is 306 Å². The van der Waals surface area contributed by atoms with Crippen molar-refractivity contribution in [2.45, 2.75) is 70.2 Å². The number of nitrogens with one attached hydrogen (secondary N) is 4. The molecule has 0 aliphatic heterocycles. The van der Waals surface area contributed by atoms with Crippen molar-refractivity contribution in [1.29, 1.82) is 0 Å². The number of ether oxygens (including phenoxy) is 2. The third kappa shape index (κ3) is 17.1. The zero-order valence-electron chi connectivity index (χ0n) is 29.5. The van der Waals surface area contributed by atoms with E-state index in [9.17, 15) is 42.6 Å². The van der Waals surface area contributed by atoms with Gasteiger partial charge < -0.3 is 41.0 Å². The first kappa shape index (κ1) is 43.6. The van der Waals surface area contributed by atoms with Crippen molar-refractivity contribution in [3.8, 4) is 0 Å². The van der Waals surface area contributed by atoms with E-state index in [2.05, 4.69) is 31.5 Å². The molecule has 4 atom stereocenters. The minimum atomic E-state index is -3.75. The van der Waals surface area contributed by atoms with Crippen molar-refractivity contribution in [2.75, 3.05) is 30.6 Å². The second-order valence-corrected chi connectivity index (χ2v) is 15.6. The van der Waals surface area contributed by atoms with Crippen LogP contribution in [0.2, 0.25) is 0 Å². The molecule has 2 aromatic carbocycles. The number of sulfone groups is 1. The van der Waals surface area contributed by atoms with Gasteiger partial charge in [-0.1, -0.05) is 30.3 Å². The third-order valence-corrected chi connectivity index (χ3v) is 9.04. The van der Waals surface area contributed by atoms with Gasteiger partial charge in [-0.2, -0.15) is 10.2 Å². The summed E-state index contributed by atoms with van der Waals surface area (Å²) >= 11 is 1.03. The molecule has 2 aromatic rings. The summed E-state index contributed by atoms with van der Waals surface area (Å²) in [5.74, 6) is -4.39. The predicted molar refractivity (Wildman–Crippen MR) is 192 cm³/mol. The van der Waals surface area contributed by atoms with Crippen molar-refractivity contribution < 1.29 is 52.1 Å². The number of thioether (sulfide) groups is 1. The average molecular weight is 767 g/mol. The van der Waals surface area contributed by atoms with Crippen molar-refractivity contribution in [3.05, 3.63) is 60.2 Å². The number of rotatable bonds is 19. The maximum Gasteiger partial charge on any atom is 0.408 e. The molecule has 0 spiro atoms. The number of carbonyl (C=O) groups excluding carboxylic acids is 5. The lowest BCUT2D eigenvalue weighted by atomic mass is 10.1. The number of aliphatic hydroxyl groups excluding tert-OH is 2. The molecule has 0 radical (unpaired) electrons. The SMILES string of the molecule is CC(=O)NCSC[C@H](NC(=O)[C@H](CO)NC(=O)[C@@H](NC(=O)OC(C)(C)C)[C@@H](C)O)C(=O)OCCS(=O)(=O)Cc1ccc(N=Nc2ccccc2)cc1. The molecule has 286 valence electrons. The van der Waals surface area contributed by atoms with Crippen LogP contribution in [0.3, 0.4) is 0 Å². The standard InChI is InChI=1S/C33H46N6O11S2/c1-21(41)28(37-32(46)50-33(3,4)5)30(44)35-26(17-40)29(43)36-27(18-51-20-34-22(2)42)31(45)49-15-16-52(47,48)19-23-11-13-25(14-12-23)39-38-24-9-7-6-8-10-24/h6-14,21,26-28,40-41H,15-20H2,1-5H3,(H,34,42)(H,35,44)(H,36,43)(H,37,46)/t21-,26+,27+,28+/m1/s1. The van der Waals surface area contributed by atoms with Crippen LogP contribution < -0.4 is 21.3 Å². The molecule has 17 nitrogen and oxygen atoms in total. The molecular weight excluding hydrogens is 721 g/mol. The van der Waals surface area contributed by atoms with Crippen molar-refractivity contribution in [1.82, 2.24) is 21.3 Å². The Balaban J connectivity index is 2.02. The van der Waals surface area contributed by atoms with Gasteiger partial charge in [0, 0.05) is 12.7 Å². The van der Waals surface area contributed by atoms with Gasteiger partial charge in [-0.25, -0.2) is 18.0 Å². The molecule has 0 unspecified atom stereocenters. The van der Waals surface area contributed by atoms with E-state index in [0.29, 0.717) is 16.9 Å². The summed E-state index contributed by atoms with van der Waals surface area (Å²) in [5, 5.41) is 37.5. The number of carbonyl (C=O) groups is 5. The second-order valence-electron chi connectivity index (χ2n) is 12.4.